The average molecular weight is 355 g/mol. The minimum absolute atomic E-state index is 0.0688. The predicted octanol–water partition coefficient (Wildman–Crippen LogP) is 2.78. The monoisotopic (exact) mass is 354 g/mol. The van der Waals surface area contributed by atoms with Gasteiger partial charge in [0.25, 0.3) is 5.91 Å². The Morgan fingerprint density at radius 2 is 2.09 bits per heavy atom. The number of hydrogen-bond donors (Lipinski definition) is 1. The smallest absolute Gasteiger partial charge is 0.349 e. The lowest BCUT2D eigenvalue weighted by Crippen LogP contribution is -2.28. The molecule has 1 heterocycles. The van der Waals surface area contributed by atoms with Crippen molar-refractivity contribution in [2.75, 3.05) is 6.61 Å². The standard InChI is InChI=1S/C14H11ClN2O5S/c15-10-3-1-2-9(6-10)7-16-12(18)8-22-14(19)11-4-5-13(23-11)17(20)21/h1-6H,7-8H2,(H,16,18). The van der Waals surface area contributed by atoms with Gasteiger partial charge >= 0.3 is 11.0 Å². The average Bonchev–Trinajstić information content (AvgIpc) is 3.01. The van der Waals surface area contributed by atoms with Gasteiger partial charge in [-0.25, -0.2) is 4.79 Å². The van der Waals surface area contributed by atoms with E-state index in [0.717, 1.165) is 5.56 Å². The fourth-order valence-corrected chi connectivity index (χ4v) is 2.56. The highest BCUT2D eigenvalue weighted by Gasteiger charge is 2.17. The second-order valence-corrected chi connectivity index (χ2v) is 5.88. The van der Waals surface area contributed by atoms with Gasteiger partial charge in [0.05, 0.1) is 4.92 Å². The van der Waals surface area contributed by atoms with E-state index in [1.807, 2.05) is 0 Å². The number of carbonyl (C=O) groups is 2. The SMILES string of the molecule is O=C(COC(=O)c1ccc([N+](=O)[O-])s1)NCc1cccc(Cl)c1. The lowest BCUT2D eigenvalue weighted by Gasteiger charge is -2.06. The Morgan fingerprint density at radius 3 is 2.74 bits per heavy atom. The van der Waals surface area contributed by atoms with Gasteiger partial charge in [-0.15, -0.1) is 0 Å². The zero-order valence-corrected chi connectivity index (χ0v) is 13.2. The number of halogens is 1. The molecule has 1 N–H and O–H groups in total. The summed E-state index contributed by atoms with van der Waals surface area (Å²) in [6.45, 7) is -0.216. The van der Waals surface area contributed by atoms with Crippen LogP contribution in [0.1, 0.15) is 15.2 Å². The van der Waals surface area contributed by atoms with E-state index in [-0.39, 0.29) is 16.4 Å². The molecule has 2 aromatic rings. The van der Waals surface area contributed by atoms with Crippen molar-refractivity contribution in [2.45, 2.75) is 6.54 Å². The number of esters is 1. The largest absolute Gasteiger partial charge is 0.451 e. The minimum atomic E-state index is -0.777. The lowest BCUT2D eigenvalue weighted by atomic mass is 10.2. The maximum atomic E-state index is 11.7. The first-order valence-corrected chi connectivity index (χ1v) is 7.57. The molecule has 0 aliphatic carbocycles. The number of thiophene rings is 1. The maximum Gasteiger partial charge on any atom is 0.349 e. The molecule has 1 aromatic heterocycles. The van der Waals surface area contributed by atoms with Crippen LogP contribution in [-0.2, 0) is 16.1 Å². The first-order chi connectivity index (χ1) is 11.0. The van der Waals surface area contributed by atoms with Crippen LogP contribution in [0.4, 0.5) is 5.00 Å². The second kappa shape index (κ2) is 7.70. The number of rotatable bonds is 6. The molecule has 0 radical (unpaired) electrons. The fourth-order valence-electron chi connectivity index (χ4n) is 1.64. The van der Waals surface area contributed by atoms with Gasteiger partial charge in [0.1, 0.15) is 4.88 Å². The van der Waals surface area contributed by atoms with Gasteiger partial charge in [-0.3, -0.25) is 14.9 Å². The molecule has 2 rings (SSSR count). The number of nitrogens with zero attached hydrogens (tertiary/aromatic N) is 1. The van der Waals surface area contributed by atoms with Crippen molar-refractivity contribution in [3.63, 3.8) is 0 Å². The van der Waals surface area contributed by atoms with E-state index < -0.39 is 23.4 Å². The zero-order chi connectivity index (χ0) is 16.8. The summed E-state index contributed by atoms with van der Waals surface area (Å²) in [5, 5.41) is 13.5. The molecule has 23 heavy (non-hydrogen) atoms. The second-order valence-electron chi connectivity index (χ2n) is 4.38. The molecule has 9 heteroatoms. The van der Waals surface area contributed by atoms with E-state index in [9.17, 15) is 19.7 Å². The lowest BCUT2D eigenvalue weighted by molar-refractivity contribution is -0.380. The number of hydrogen-bond acceptors (Lipinski definition) is 6. The highest BCUT2D eigenvalue weighted by Crippen LogP contribution is 2.24. The number of amides is 1. The van der Waals surface area contributed by atoms with E-state index in [4.69, 9.17) is 16.3 Å². The highest BCUT2D eigenvalue weighted by atomic mass is 35.5. The van der Waals surface area contributed by atoms with Gasteiger partial charge in [0.2, 0.25) is 0 Å². The summed E-state index contributed by atoms with van der Waals surface area (Å²) in [6, 6.07) is 9.47. The molecule has 120 valence electrons. The van der Waals surface area contributed by atoms with Crippen molar-refractivity contribution >= 4 is 39.8 Å². The maximum absolute atomic E-state index is 11.7. The van der Waals surface area contributed by atoms with Gasteiger partial charge in [0, 0.05) is 17.6 Å². The molecule has 0 aliphatic heterocycles. The molecule has 1 aromatic carbocycles. The normalized spacial score (nSPS) is 10.1. The van der Waals surface area contributed by atoms with Crippen LogP contribution >= 0.6 is 22.9 Å². The Morgan fingerprint density at radius 1 is 1.30 bits per heavy atom. The molecule has 0 atom stereocenters. The van der Waals surface area contributed by atoms with Crippen molar-refractivity contribution in [3.8, 4) is 0 Å². The van der Waals surface area contributed by atoms with Gasteiger partial charge in [-0.1, -0.05) is 35.1 Å². The molecule has 1 amide bonds. The summed E-state index contributed by atoms with van der Waals surface area (Å²) in [5.41, 5.74) is 0.811. The van der Waals surface area contributed by atoms with Gasteiger partial charge in [0.15, 0.2) is 6.61 Å². The van der Waals surface area contributed by atoms with Crippen LogP contribution in [-0.4, -0.2) is 23.4 Å². The topological polar surface area (TPSA) is 98.5 Å². The molecule has 0 spiro atoms. The fraction of sp³-hybridized carbons (Fsp3) is 0.143. The number of carbonyl (C=O) groups excluding carboxylic acids is 2. The van der Waals surface area contributed by atoms with Crippen molar-refractivity contribution in [2.24, 2.45) is 0 Å². The molecule has 0 aliphatic rings. The van der Waals surface area contributed by atoms with Crippen LogP contribution in [0.25, 0.3) is 0 Å². The van der Waals surface area contributed by atoms with Crippen molar-refractivity contribution in [3.05, 3.63) is 62.0 Å². The van der Waals surface area contributed by atoms with Crippen LogP contribution in [0.3, 0.4) is 0 Å². The van der Waals surface area contributed by atoms with E-state index in [1.165, 1.54) is 12.1 Å². The Kier molecular flexibility index (Phi) is 5.67. The van der Waals surface area contributed by atoms with E-state index in [2.05, 4.69) is 5.32 Å². The summed E-state index contributed by atoms with van der Waals surface area (Å²) in [4.78, 5) is 33.3. The van der Waals surface area contributed by atoms with Crippen molar-refractivity contribution in [1.29, 1.82) is 0 Å². The molecule has 0 fully saturated rings. The number of nitro groups is 1. The Balaban J connectivity index is 1.79. The number of benzene rings is 1. The minimum Gasteiger partial charge on any atom is -0.451 e. The Labute approximate surface area is 140 Å². The number of nitrogens with one attached hydrogen (secondary N) is 1. The van der Waals surface area contributed by atoms with Crippen LogP contribution in [0.15, 0.2) is 36.4 Å². The van der Waals surface area contributed by atoms with E-state index >= 15 is 0 Å². The quantitative estimate of drug-likeness (QED) is 0.488. The van der Waals surface area contributed by atoms with Gasteiger partial charge in [-0.2, -0.15) is 0 Å². The molecule has 7 nitrogen and oxygen atoms in total. The predicted molar refractivity (Wildman–Crippen MR) is 84.6 cm³/mol. The summed E-state index contributed by atoms with van der Waals surface area (Å²) in [5.74, 6) is -1.26. The Bertz CT molecular complexity index is 746. The van der Waals surface area contributed by atoms with Crippen LogP contribution in [0.2, 0.25) is 5.02 Å². The summed E-state index contributed by atoms with van der Waals surface area (Å²) < 4.78 is 4.81. The summed E-state index contributed by atoms with van der Waals surface area (Å²) in [7, 11) is 0. The Hall–Kier alpha value is -2.45. The van der Waals surface area contributed by atoms with Crippen LogP contribution < -0.4 is 5.32 Å². The highest BCUT2D eigenvalue weighted by molar-refractivity contribution is 7.17. The third-order valence-electron chi connectivity index (χ3n) is 2.69. The molecule has 0 saturated heterocycles. The van der Waals surface area contributed by atoms with Gasteiger partial charge in [-0.05, 0) is 23.8 Å². The number of ether oxygens (including phenoxy) is 1. The van der Waals surface area contributed by atoms with E-state index in [0.29, 0.717) is 16.4 Å². The zero-order valence-electron chi connectivity index (χ0n) is 11.7. The molecule has 0 bridgehead atoms. The van der Waals surface area contributed by atoms with Crippen molar-refractivity contribution < 1.29 is 19.2 Å². The van der Waals surface area contributed by atoms with E-state index in [1.54, 1.807) is 24.3 Å². The van der Waals surface area contributed by atoms with Crippen LogP contribution in [0, 0.1) is 10.1 Å². The van der Waals surface area contributed by atoms with Crippen molar-refractivity contribution in [1.82, 2.24) is 5.32 Å². The summed E-state index contributed by atoms with van der Waals surface area (Å²) in [6.07, 6.45) is 0. The third-order valence-corrected chi connectivity index (χ3v) is 3.94. The summed E-state index contributed by atoms with van der Waals surface area (Å²) >= 11 is 6.52. The first-order valence-electron chi connectivity index (χ1n) is 6.38. The molecular formula is C14H11ClN2O5S. The molecular weight excluding hydrogens is 344 g/mol. The van der Waals surface area contributed by atoms with Gasteiger partial charge < -0.3 is 10.1 Å². The molecule has 0 saturated carbocycles. The van der Waals surface area contributed by atoms with Crippen LogP contribution in [0.5, 0.6) is 0 Å². The molecule has 0 unspecified atom stereocenters. The third kappa shape index (κ3) is 5.04. The first kappa shape index (κ1) is 16.9.